The number of carbonyl (C=O) groups is 1. The summed E-state index contributed by atoms with van der Waals surface area (Å²) in [6, 6.07) is 3.85. The van der Waals surface area contributed by atoms with Crippen LogP contribution in [0, 0.1) is 6.92 Å². The number of nitrogens with one attached hydrogen (secondary N) is 1. The Hall–Kier alpha value is -0.650. The quantitative estimate of drug-likeness (QED) is 0.669. The number of aromatic nitrogens is 1. The Kier molecular flexibility index (Phi) is 4.25. The first kappa shape index (κ1) is 13.8. The molecule has 98 valence electrons. The van der Waals surface area contributed by atoms with E-state index in [1.54, 1.807) is 0 Å². The highest BCUT2D eigenvalue weighted by molar-refractivity contribution is 9.10. The summed E-state index contributed by atoms with van der Waals surface area (Å²) >= 11 is 9.41. The Morgan fingerprint density at radius 2 is 2.28 bits per heavy atom. The van der Waals surface area contributed by atoms with E-state index in [4.69, 9.17) is 11.8 Å². The minimum absolute atomic E-state index is 0.144. The molecule has 0 aromatic carbocycles. The van der Waals surface area contributed by atoms with Crippen molar-refractivity contribution in [1.29, 1.82) is 0 Å². The third-order valence-corrected chi connectivity index (χ3v) is 3.86. The van der Waals surface area contributed by atoms with Gasteiger partial charge >= 0.3 is 0 Å². The Balaban J connectivity index is 2.17. The minimum Gasteiger partial charge on any atom is -0.303 e. The minimum atomic E-state index is -0.210. The fraction of sp³-hybridized carbons (Fsp3) is 0.500. The van der Waals surface area contributed by atoms with Gasteiger partial charge in [0.1, 0.15) is 4.60 Å². The second kappa shape index (κ2) is 5.55. The molecule has 1 aliphatic heterocycles. The summed E-state index contributed by atoms with van der Waals surface area (Å²) in [5, 5.41) is 3.22. The molecule has 0 aliphatic carbocycles. The number of carbonyl (C=O) groups excluding carboxylic acids is 1. The van der Waals surface area contributed by atoms with Crippen molar-refractivity contribution in [3.05, 3.63) is 22.3 Å². The van der Waals surface area contributed by atoms with Crippen LogP contribution in [0.25, 0.3) is 0 Å². The van der Waals surface area contributed by atoms with Crippen molar-refractivity contribution < 1.29 is 4.79 Å². The smallest absolute Gasteiger partial charge is 0.260 e. The molecule has 6 heteroatoms. The highest BCUT2D eigenvalue weighted by Gasteiger charge is 2.31. The fourth-order valence-electron chi connectivity index (χ4n) is 2.06. The summed E-state index contributed by atoms with van der Waals surface area (Å²) in [6.07, 6.45) is 1.81. The number of hydrogen-bond acceptors (Lipinski definition) is 3. The van der Waals surface area contributed by atoms with E-state index in [0.717, 1.165) is 22.8 Å². The number of pyridine rings is 1. The molecule has 1 amide bonds. The third kappa shape index (κ3) is 2.84. The van der Waals surface area contributed by atoms with E-state index in [2.05, 4.69) is 33.2 Å². The lowest BCUT2D eigenvalue weighted by Gasteiger charge is -2.19. The maximum absolute atomic E-state index is 12.2. The summed E-state index contributed by atoms with van der Waals surface area (Å²) in [6.45, 7) is 3.94. The van der Waals surface area contributed by atoms with Crippen molar-refractivity contribution in [3.63, 3.8) is 0 Å². The Morgan fingerprint density at radius 3 is 2.89 bits per heavy atom. The van der Waals surface area contributed by atoms with Crippen molar-refractivity contribution in [2.24, 2.45) is 0 Å². The van der Waals surface area contributed by atoms with Crippen LogP contribution in [-0.2, 0) is 4.79 Å². The van der Waals surface area contributed by atoms with Gasteiger partial charge in [0.2, 0.25) is 0 Å². The second-order valence-electron chi connectivity index (χ2n) is 4.59. The maximum Gasteiger partial charge on any atom is 0.260 e. The third-order valence-electron chi connectivity index (χ3n) is 3.09. The van der Waals surface area contributed by atoms with Crippen LogP contribution in [0.1, 0.15) is 25.3 Å². The standard InChI is InChI=1S/C12H15BrClN3O/c1-7-3-6-10(13)16-11(7)17(14)12(18)9-5-4-8(2)15-9/h3,6,8-9,15H,4-5H2,1-2H3/t8-,9-/m0/s1. The van der Waals surface area contributed by atoms with Crippen molar-refractivity contribution >= 4 is 39.4 Å². The average Bonchev–Trinajstić information content (AvgIpc) is 2.77. The normalized spacial score (nSPS) is 23.1. The average molecular weight is 333 g/mol. The van der Waals surface area contributed by atoms with Gasteiger partial charge in [-0.3, -0.25) is 4.79 Å². The first-order valence-corrected chi connectivity index (χ1v) is 7.01. The van der Waals surface area contributed by atoms with Crippen LogP contribution < -0.4 is 9.74 Å². The lowest BCUT2D eigenvalue weighted by Crippen LogP contribution is -2.41. The van der Waals surface area contributed by atoms with E-state index < -0.39 is 0 Å². The highest BCUT2D eigenvalue weighted by atomic mass is 79.9. The molecule has 4 nitrogen and oxygen atoms in total. The summed E-state index contributed by atoms with van der Waals surface area (Å²) in [5.74, 6) is 0.340. The monoisotopic (exact) mass is 331 g/mol. The molecule has 1 saturated heterocycles. The van der Waals surface area contributed by atoms with Crippen LogP contribution in [0.5, 0.6) is 0 Å². The SMILES string of the molecule is Cc1ccc(Br)nc1N(Cl)C(=O)[C@@H]1CC[C@H](C)N1. The van der Waals surface area contributed by atoms with Gasteiger partial charge in [0.05, 0.1) is 6.04 Å². The Morgan fingerprint density at radius 1 is 1.56 bits per heavy atom. The second-order valence-corrected chi connectivity index (χ2v) is 5.74. The zero-order chi connectivity index (χ0) is 13.3. The zero-order valence-corrected chi connectivity index (χ0v) is 12.6. The number of amides is 1. The molecule has 18 heavy (non-hydrogen) atoms. The first-order chi connectivity index (χ1) is 8.49. The first-order valence-electron chi connectivity index (χ1n) is 5.88. The van der Waals surface area contributed by atoms with E-state index in [9.17, 15) is 4.79 Å². The molecule has 0 radical (unpaired) electrons. The van der Waals surface area contributed by atoms with E-state index >= 15 is 0 Å². The van der Waals surface area contributed by atoms with E-state index in [1.807, 2.05) is 19.1 Å². The molecule has 1 fully saturated rings. The molecule has 0 saturated carbocycles. The molecule has 1 aliphatic rings. The Bertz CT molecular complexity index is 469. The number of anilines is 1. The predicted octanol–water partition coefficient (Wildman–Crippen LogP) is 2.78. The van der Waals surface area contributed by atoms with Gasteiger partial charge in [0.15, 0.2) is 5.82 Å². The highest BCUT2D eigenvalue weighted by Crippen LogP contribution is 2.24. The van der Waals surface area contributed by atoms with Crippen LogP contribution in [0.4, 0.5) is 5.82 Å². The van der Waals surface area contributed by atoms with Crippen LogP contribution >= 0.6 is 27.7 Å². The van der Waals surface area contributed by atoms with Gasteiger partial charge < -0.3 is 5.32 Å². The Labute approximate surface area is 120 Å². The molecule has 0 spiro atoms. The van der Waals surface area contributed by atoms with Crippen LogP contribution in [0.15, 0.2) is 16.7 Å². The van der Waals surface area contributed by atoms with Crippen molar-refractivity contribution in [2.75, 3.05) is 4.42 Å². The van der Waals surface area contributed by atoms with E-state index in [0.29, 0.717) is 16.5 Å². The van der Waals surface area contributed by atoms with Crippen molar-refractivity contribution in [3.8, 4) is 0 Å². The topological polar surface area (TPSA) is 45.2 Å². The molecule has 1 aromatic rings. The van der Waals surface area contributed by atoms with Gasteiger partial charge in [-0.15, -0.1) is 0 Å². The van der Waals surface area contributed by atoms with Crippen molar-refractivity contribution in [1.82, 2.24) is 10.3 Å². The molecule has 1 N–H and O–H groups in total. The molecule has 1 aromatic heterocycles. The number of hydrogen-bond donors (Lipinski definition) is 1. The number of nitrogens with zero attached hydrogens (tertiary/aromatic N) is 2. The van der Waals surface area contributed by atoms with Gasteiger partial charge in [0, 0.05) is 17.8 Å². The van der Waals surface area contributed by atoms with Crippen LogP contribution in [-0.4, -0.2) is 23.0 Å². The number of rotatable bonds is 2. The zero-order valence-electron chi connectivity index (χ0n) is 10.3. The molecule has 2 rings (SSSR count). The van der Waals surface area contributed by atoms with Gasteiger partial charge in [-0.05, 0) is 54.2 Å². The largest absolute Gasteiger partial charge is 0.303 e. The van der Waals surface area contributed by atoms with E-state index in [-0.39, 0.29) is 11.9 Å². The van der Waals surface area contributed by atoms with Gasteiger partial charge in [-0.25, -0.2) is 9.40 Å². The number of aryl methyl sites for hydroxylation is 1. The molecule has 0 bridgehead atoms. The van der Waals surface area contributed by atoms with Gasteiger partial charge in [0.25, 0.3) is 5.91 Å². The maximum atomic E-state index is 12.2. The van der Waals surface area contributed by atoms with Crippen LogP contribution in [0.3, 0.4) is 0 Å². The summed E-state index contributed by atoms with van der Waals surface area (Å²) in [7, 11) is 0. The van der Waals surface area contributed by atoms with E-state index in [1.165, 1.54) is 0 Å². The molecular formula is C12H15BrClN3O. The molecule has 0 unspecified atom stereocenters. The van der Waals surface area contributed by atoms with Crippen LogP contribution in [0.2, 0.25) is 0 Å². The fourth-order valence-corrected chi connectivity index (χ4v) is 2.65. The molecule has 2 atom stereocenters. The van der Waals surface area contributed by atoms with Crippen molar-refractivity contribution in [2.45, 2.75) is 38.8 Å². The van der Waals surface area contributed by atoms with Gasteiger partial charge in [-0.2, -0.15) is 0 Å². The summed E-state index contributed by atoms with van der Waals surface area (Å²) in [4.78, 5) is 16.5. The summed E-state index contributed by atoms with van der Waals surface area (Å²) < 4.78 is 1.78. The molecular weight excluding hydrogens is 318 g/mol. The van der Waals surface area contributed by atoms with Gasteiger partial charge in [-0.1, -0.05) is 6.07 Å². The lowest BCUT2D eigenvalue weighted by molar-refractivity contribution is -0.119. The molecule has 2 heterocycles. The number of halogens is 2. The predicted molar refractivity (Wildman–Crippen MR) is 75.6 cm³/mol. The lowest BCUT2D eigenvalue weighted by atomic mass is 10.2. The summed E-state index contributed by atoms with van der Waals surface area (Å²) in [5.41, 5.74) is 0.868.